The van der Waals surface area contributed by atoms with E-state index in [1.807, 2.05) is 24.3 Å². The number of piperidine rings is 1. The first kappa shape index (κ1) is 15.6. The molecule has 4 nitrogen and oxygen atoms in total. The van der Waals surface area contributed by atoms with Crippen LogP contribution in [0.15, 0.2) is 47.3 Å². The molecule has 0 aliphatic carbocycles. The molecule has 124 valence electrons. The Balaban J connectivity index is 1.58. The smallest absolute Gasteiger partial charge is 0.308 e. The van der Waals surface area contributed by atoms with Crippen LogP contribution in [0.25, 0.3) is 11.0 Å². The number of hydrogen-bond donors (Lipinski definition) is 1. The number of nitrogens with one attached hydrogen (secondary N) is 1. The summed E-state index contributed by atoms with van der Waals surface area (Å²) in [6.07, 6.45) is 2.00. The highest BCUT2D eigenvalue weighted by atomic mass is 35.5. The first-order valence-electron chi connectivity index (χ1n) is 8.03. The SMILES string of the molecule is O=c1[nH]c2ccc(Cl)cc2n1N1CCC(c2ccc(Cl)cc2)CC1. The minimum atomic E-state index is -0.114. The zero-order valence-electron chi connectivity index (χ0n) is 13.0. The van der Waals surface area contributed by atoms with E-state index in [0.717, 1.165) is 42.0 Å². The highest BCUT2D eigenvalue weighted by Crippen LogP contribution is 2.29. The lowest BCUT2D eigenvalue weighted by atomic mass is 9.90. The molecule has 2 heterocycles. The molecule has 0 saturated carbocycles. The first-order chi connectivity index (χ1) is 11.6. The van der Waals surface area contributed by atoms with E-state index in [0.29, 0.717) is 10.9 Å². The molecule has 24 heavy (non-hydrogen) atoms. The minimum absolute atomic E-state index is 0.114. The Bertz CT molecular complexity index is 922. The Hall–Kier alpha value is -1.91. The Labute approximate surface area is 149 Å². The van der Waals surface area contributed by atoms with Crippen LogP contribution in [0.5, 0.6) is 0 Å². The number of aromatic amines is 1. The van der Waals surface area contributed by atoms with Crippen LogP contribution >= 0.6 is 23.2 Å². The van der Waals surface area contributed by atoms with Crippen molar-refractivity contribution in [3.63, 3.8) is 0 Å². The number of benzene rings is 2. The largest absolute Gasteiger partial charge is 0.345 e. The van der Waals surface area contributed by atoms with Crippen molar-refractivity contribution in [2.75, 3.05) is 18.1 Å². The highest BCUT2D eigenvalue weighted by Gasteiger charge is 2.23. The highest BCUT2D eigenvalue weighted by molar-refractivity contribution is 6.31. The van der Waals surface area contributed by atoms with Crippen LogP contribution < -0.4 is 10.7 Å². The fraction of sp³-hybridized carbons (Fsp3) is 0.278. The van der Waals surface area contributed by atoms with Gasteiger partial charge in [0.15, 0.2) is 0 Å². The third kappa shape index (κ3) is 2.80. The Kier molecular flexibility index (Phi) is 4.02. The average Bonchev–Trinajstić information content (AvgIpc) is 2.91. The van der Waals surface area contributed by atoms with E-state index in [-0.39, 0.29) is 5.69 Å². The van der Waals surface area contributed by atoms with Crippen molar-refractivity contribution in [1.29, 1.82) is 0 Å². The van der Waals surface area contributed by atoms with Gasteiger partial charge in [-0.05, 0) is 54.7 Å². The summed E-state index contributed by atoms with van der Waals surface area (Å²) in [5, 5.41) is 3.49. The molecule has 1 fully saturated rings. The second kappa shape index (κ2) is 6.19. The van der Waals surface area contributed by atoms with E-state index in [4.69, 9.17) is 23.2 Å². The molecule has 1 N–H and O–H groups in total. The molecule has 0 atom stereocenters. The molecule has 0 amide bonds. The molecule has 4 rings (SSSR count). The number of aromatic nitrogens is 2. The van der Waals surface area contributed by atoms with Crippen molar-refractivity contribution < 1.29 is 0 Å². The molecule has 0 bridgehead atoms. The van der Waals surface area contributed by atoms with Gasteiger partial charge in [0.1, 0.15) is 0 Å². The van der Waals surface area contributed by atoms with Gasteiger partial charge < -0.3 is 9.99 Å². The summed E-state index contributed by atoms with van der Waals surface area (Å²) in [6.45, 7) is 1.65. The standard InChI is InChI=1S/C18H17Cl2N3O/c19-14-3-1-12(2-4-14)13-7-9-22(10-8-13)23-17-11-15(20)5-6-16(17)21-18(23)24/h1-6,11,13H,7-10H2,(H,21,24). The van der Waals surface area contributed by atoms with Gasteiger partial charge in [0.25, 0.3) is 0 Å². The van der Waals surface area contributed by atoms with Gasteiger partial charge in [0, 0.05) is 23.1 Å². The summed E-state index contributed by atoms with van der Waals surface area (Å²) >= 11 is 12.1. The van der Waals surface area contributed by atoms with E-state index in [1.54, 1.807) is 10.7 Å². The lowest BCUT2D eigenvalue weighted by Crippen LogP contribution is -2.45. The van der Waals surface area contributed by atoms with Crippen LogP contribution in [-0.2, 0) is 0 Å². The number of hydrogen-bond acceptors (Lipinski definition) is 2. The maximum Gasteiger partial charge on any atom is 0.345 e. The molecule has 0 spiro atoms. The van der Waals surface area contributed by atoms with E-state index in [1.165, 1.54) is 5.56 Å². The van der Waals surface area contributed by atoms with Crippen molar-refractivity contribution in [3.05, 3.63) is 68.6 Å². The third-order valence-electron chi connectivity index (χ3n) is 4.72. The monoisotopic (exact) mass is 361 g/mol. The zero-order chi connectivity index (χ0) is 16.7. The van der Waals surface area contributed by atoms with Crippen molar-refractivity contribution in [2.45, 2.75) is 18.8 Å². The molecule has 1 aromatic heterocycles. The molecule has 3 aromatic rings. The lowest BCUT2D eigenvalue weighted by molar-refractivity contribution is 0.434. The minimum Gasteiger partial charge on any atom is -0.308 e. The summed E-state index contributed by atoms with van der Waals surface area (Å²) in [5.74, 6) is 0.503. The molecule has 0 radical (unpaired) electrons. The van der Waals surface area contributed by atoms with Crippen LogP contribution in [0.2, 0.25) is 10.0 Å². The van der Waals surface area contributed by atoms with Gasteiger partial charge in [-0.2, -0.15) is 0 Å². The van der Waals surface area contributed by atoms with Gasteiger partial charge in [-0.1, -0.05) is 35.3 Å². The number of nitrogens with zero attached hydrogens (tertiary/aromatic N) is 2. The molecule has 1 aliphatic heterocycles. The molecule has 6 heteroatoms. The van der Waals surface area contributed by atoms with Crippen LogP contribution in [0.3, 0.4) is 0 Å². The fourth-order valence-corrected chi connectivity index (χ4v) is 3.77. The van der Waals surface area contributed by atoms with Crippen LogP contribution in [-0.4, -0.2) is 22.7 Å². The molecule has 1 saturated heterocycles. The van der Waals surface area contributed by atoms with E-state index in [2.05, 4.69) is 22.1 Å². The number of fused-ring (bicyclic) bond motifs is 1. The van der Waals surface area contributed by atoms with Gasteiger partial charge in [-0.15, -0.1) is 0 Å². The second-order valence-corrected chi connectivity index (χ2v) is 7.06. The summed E-state index contributed by atoms with van der Waals surface area (Å²) < 4.78 is 1.72. The Morgan fingerprint density at radius 1 is 0.958 bits per heavy atom. The summed E-state index contributed by atoms with van der Waals surface area (Å²) in [4.78, 5) is 15.2. The fourth-order valence-electron chi connectivity index (χ4n) is 3.48. The molecule has 1 aliphatic rings. The Morgan fingerprint density at radius 2 is 1.62 bits per heavy atom. The van der Waals surface area contributed by atoms with E-state index in [9.17, 15) is 4.79 Å². The number of H-pyrrole nitrogens is 1. The number of rotatable bonds is 2. The number of imidazole rings is 1. The van der Waals surface area contributed by atoms with Gasteiger partial charge in [0.05, 0.1) is 11.0 Å². The predicted molar refractivity (Wildman–Crippen MR) is 98.9 cm³/mol. The predicted octanol–water partition coefficient (Wildman–Crippen LogP) is 4.15. The van der Waals surface area contributed by atoms with E-state index >= 15 is 0 Å². The maximum absolute atomic E-state index is 12.3. The average molecular weight is 362 g/mol. The first-order valence-corrected chi connectivity index (χ1v) is 8.78. The van der Waals surface area contributed by atoms with Gasteiger partial charge in [-0.3, -0.25) is 0 Å². The van der Waals surface area contributed by atoms with Gasteiger partial charge in [0.2, 0.25) is 0 Å². The van der Waals surface area contributed by atoms with Crippen molar-refractivity contribution in [3.8, 4) is 0 Å². The Morgan fingerprint density at radius 3 is 2.33 bits per heavy atom. The van der Waals surface area contributed by atoms with E-state index < -0.39 is 0 Å². The zero-order valence-corrected chi connectivity index (χ0v) is 14.5. The van der Waals surface area contributed by atoms with Crippen molar-refractivity contribution in [1.82, 2.24) is 9.66 Å². The second-order valence-electron chi connectivity index (χ2n) is 6.18. The summed E-state index contributed by atoms with van der Waals surface area (Å²) in [5.41, 5.74) is 2.84. The van der Waals surface area contributed by atoms with Crippen LogP contribution in [0.4, 0.5) is 0 Å². The molecular formula is C18H17Cl2N3O. The third-order valence-corrected chi connectivity index (χ3v) is 5.20. The van der Waals surface area contributed by atoms with Gasteiger partial charge >= 0.3 is 5.69 Å². The maximum atomic E-state index is 12.3. The molecule has 2 aromatic carbocycles. The summed E-state index contributed by atoms with van der Waals surface area (Å²) in [7, 11) is 0. The summed E-state index contributed by atoms with van der Waals surface area (Å²) in [6, 6.07) is 13.5. The van der Waals surface area contributed by atoms with Gasteiger partial charge in [-0.25, -0.2) is 9.47 Å². The molecule has 0 unspecified atom stereocenters. The number of halogens is 2. The van der Waals surface area contributed by atoms with Crippen LogP contribution in [0.1, 0.15) is 24.3 Å². The van der Waals surface area contributed by atoms with Crippen molar-refractivity contribution >= 4 is 34.2 Å². The molecular weight excluding hydrogens is 345 g/mol. The lowest BCUT2D eigenvalue weighted by Gasteiger charge is -2.34. The normalized spacial score (nSPS) is 16.0. The van der Waals surface area contributed by atoms with Crippen molar-refractivity contribution in [2.24, 2.45) is 0 Å². The quantitative estimate of drug-likeness (QED) is 0.744. The van der Waals surface area contributed by atoms with Crippen LogP contribution in [0, 0.1) is 0 Å². The topological polar surface area (TPSA) is 41.0 Å².